The van der Waals surface area contributed by atoms with E-state index in [1.54, 1.807) is 0 Å². The highest BCUT2D eigenvalue weighted by Crippen LogP contribution is 2.22. The van der Waals surface area contributed by atoms with E-state index in [-0.39, 0.29) is 0 Å². The molecule has 0 fully saturated rings. The van der Waals surface area contributed by atoms with Crippen LogP contribution in [0.15, 0.2) is 18.2 Å². The Balaban J connectivity index is 2.68. The van der Waals surface area contributed by atoms with E-state index < -0.39 is 0 Å². The first-order chi connectivity index (χ1) is 6.77. The SMILES string of the molecule is CCOc1ccc(CCCCl)cc1I. The van der Waals surface area contributed by atoms with Crippen molar-refractivity contribution in [1.82, 2.24) is 0 Å². The lowest BCUT2D eigenvalue weighted by Gasteiger charge is -2.07. The molecule has 0 unspecified atom stereocenters. The molecular weight excluding hydrogens is 310 g/mol. The lowest BCUT2D eigenvalue weighted by Crippen LogP contribution is -1.95. The molecular formula is C11H14ClIO. The molecule has 0 atom stereocenters. The number of alkyl halides is 1. The Labute approximate surface area is 104 Å². The summed E-state index contributed by atoms with van der Waals surface area (Å²) in [6, 6.07) is 6.31. The van der Waals surface area contributed by atoms with Crippen LogP contribution in [0.2, 0.25) is 0 Å². The first kappa shape index (κ1) is 12.1. The van der Waals surface area contributed by atoms with Crippen LogP contribution in [-0.4, -0.2) is 12.5 Å². The normalized spacial score (nSPS) is 10.2. The minimum atomic E-state index is 0.719. The molecule has 0 heterocycles. The summed E-state index contributed by atoms with van der Waals surface area (Å²) >= 11 is 7.95. The minimum absolute atomic E-state index is 0.719. The van der Waals surface area contributed by atoms with Crippen molar-refractivity contribution in [3.05, 3.63) is 27.3 Å². The van der Waals surface area contributed by atoms with Crippen LogP contribution in [0.1, 0.15) is 18.9 Å². The van der Waals surface area contributed by atoms with E-state index in [2.05, 4.69) is 34.7 Å². The number of ether oxygens (including phenoxy) is 1. The molecule has 0 aromatic heterocycles. The maximum atomic E-state index is 5.65. The third kappa shape index (κ3) is 3.65. The summed E-state index contributed by atoms with van der Waals surface area (Å²) < 4.78 is 6.64. The average Bonchev–Trinajstić information content (AvgIpc) is 2.19. The largest absolute Gasteiger partial charge is 0.493 e. The van der Waals surface area contributed by atoms with Gasteiger partial charge in [-0.2, -0.15) is 0 Å². The monoisotopic (exact) mass is 324 g/mol. The second-order valence-corrected chi connectivity index (χ2v) is 4.53. The summed E-state index contributed by atoms with van der Waals surface area (Å²) in [5.41, 5.74) is 1.33. The zero-order chi connectivity index (χ0) is 10.4. The van der Waals surface area contributed by atoms with Crippen LogP contribution < -0.4 is 4.74 Å². The van der Waals surface area contributed by atoms with Crippen LogP contribution in [0.4, 0.5) is 0 Å². The molecule has 0 amide bonds. The van der Waals surface area contributed by atoms with E-state index in [4.69, 9.17) is 16.3 Å². The van der Waals surface area contributed by atoms with Gasteiger partial charge < -0.3 is 4.74 Å². The average molecular weight is 325 g/mol. The number of rotatable bonds is 5. The molecule has 0 aliphatic heterocycles. The van der Waals surface area contributed by atoms with Gasteiger partial charge in [-0.15, -0.1) is 11.6 Å². The van der Waals surface area contributed by atoms with E-state index in [9.17, 15) is 0 Å². The molecule has 1 aromatic carbocycles. The third-order valence-corrected chi connectivity index (χ3v) is 3.01. The maximum absolute atomic E-state index is 5.65. The van der Waals surface area contributed by atoms with Crippen LogP contribution in [0.25, 0.3) is 0 Å². The molecule has 0 N–H and O–H groups in total. The van der Waals surface area contributed by atoms with E-state index in [1.165, 1.54) is 9.13 Å². The topological polar surface area (TPSA) is 9.23 Å². The van der Waals surface area contributed by atoms with Crippen molar-refractivity contribution in [2.45, 2.75) is 19.8 Å². The van der Waals surface area contributed by atoms with Crippen LogP contribution in [0, 0.1) is 3.57 Å². The Kier molecular flexibility index (Phi) is 5.63. The van der Waals surface area contributed by atoms with Gasteiger partial charge in [-0.1, -0.05) is 6.07 Å². The van der Waals surface area contributed by atoms with Gasteiger partial charge in [0.25, 0.3) is 0 Å². The van der Waals surface area contributed by atoms with Crippen molar-refractivity contribution in [3.63, 3.8) is 0 Å². The van der Waals surface area contributed by atoms with Gasteiger partial charge in [0.2, 0.25) is 0 Å². The first-order valence-electron chi connectivity index (χ1n) is 4.75. The van der Waals surface area contributed by atoms with E-state index in [0.717, 1.165) is 31.1 Å². The van der Waals surface area contributed by atoms with Crippen molar-refractivity contribution < 1.29 is 4.74 Å². The van der Waals surface area contributed by atoms with Crippen LogP contribution >= 0.6 is 34.2 Å². The number of aryl methyl sites for hydroxylation is 1. The van der Waals surface area contributed by atoms with E-state index in [0.29, 0.717) is 0 Å². The smallest absolute Gasteiger partial charge is 0.132 e. The summed E-state index contributed by atoms with van der Waals surface area (Å²) in [6.45, 7) is 2.72. The molecule has 1 rings (SSSR count). The molecule has 0 aliphatic carbocycles. The molecule has 14 heavy (non-hydrogen) atoms. The fourth-order valence-corrected chi connectivity index (χ4v) is 2.11. The zero-order valence-electron chi connectivity index (χ0n) is 8.22. The highest BCUT2D eigenvalue weighted by molar-refractivity contribution is 14.1. The number of hydrogen-bond donors (Lipinski definition) is 0. The Morgan fingerprint density at radius 1 is 1.43 bits per heavy atom. The summed E-state index contributed by atoms with van der Waals surface area (Å²) in [7, 11) is 0. The van der Waals surface area contributed by atoms with E-state index >= 15 is 0 Å². The van der Waals surface area contributed by atoms with Crippen molar-refractivity contribution in [1.29, 1.82) is 0 Å². The van der Waals surface area contributed by atoms with Gasteiger partial charge in [-0.05, 0) is 60.1 Å². The van der Waals surface area contributed by atoms with Crippen molar-refractivity contribution in [2.75, 3.05) is 12.5 Å². The highest BCUT2D eigenvalue weighted by Gasteiger charge is 2.01. The third-order valence-electron chi connectivity index (χ3n) is 1.90. The number of hydrogen-bond acceptors (Lipinski definition) is 1. The summed E-state index contributed by atoms with van der Waals surface area (Å²) in [4.78, 5) is 0. The zero-order valence-corrected chi connectivity index (χ0v) is 11.1. The molecule has 0 bridgehead atoms. The Morgan fingerprint density at radius 3 is 2.79 bits per heavy atom. The first-order valence-corrected chi connectivity index (χ1v) is 6.36. The molecule has 1 nitrogen and oxygen atoms in total. The maximum Gasteiger partial charge on any atom is 0.132 e. The van der Waals surface area contributed by atoms with Crippen LogP contribution in [-0.2, 0) is 6.42 Å². The fraction of sp³-hybridized carbons (Fsp3) is 0.455. The van der Waals surface area contributed by atoms with E-state index in [1.807, 2.05) is 13.0 Å². The minimum Gasteiger partial charge on any atom is -0.493 e. The Bertz CT molecular complexity index is 289. The quantitative estimate of drug-likeness (QED) is 0.590. The molecule has 0 saturated heterocycles. The van der Waals surface area contributed by atoms with Crippen molar-refractivity contribution in [2.24, 2.45) is 0 Å². The van der Waals surface area contributed by atoms with Gasteiger partial charge in [0.1, 0.15) is 5.75 Å². The summed E-state index contributed by atoms with van der Waals surface area (Å²) in [5.74, 6) is 1.70. The molecule has 78 valence electrons. The van der Waals surface area contributed by atoms with Crippen LogP contribution in [0.5, 0.6) is 5.75 Å². The van der Waals surface area contributed by atoms with Gasteiger partial charge in [0, 0.05) is 5.88 Å². The number of benzene rings is 1. The van der Waals surface area contributed by atoms with Crippen LogP contribution in [0.3, 0.4) is 0 Å². The molecule has 0 saturated carbocycles. The fourth-order valence-electron chi connectivity index (χ4n) is 1.24. The molecule has 1 aromatic rings. The lowest BCUT2D eigenvalue weighted by molar-refractivity contribution is 0.337. The molecule has 0 radical (unpaired) electrons. The van der Waals surface area contributed by atoms with Gasteiger partial charge in [-0.25, -0.2) is 0 Å². The predicted molar refractivity (Wildman–Crippen MR) is 69.4 cm³/mol. The molecule has 0 spiro atoms. The van der Waals surface area contributed by atoms with Gasteiger partial charge >= 0.3 is 0 Å². The highest BCUT2D eigenvalue weighted by atomic mass is 127. The van der Waals surface area contributed by atoms with Crippen molar-refractivity contribution in [3.8, 4) is 5.75 Å². The molecule has 3 heteroatoms. The van der Waals surface area contributed by atoms with Gasteiger partial charge in [0.15, 0.2) is 0 Å². The lowest BCUT2D eigenvalue weighted by atomic mass is 10.1. The number of halogens is 2. The molecule has 0 aliphatic rings. The van der Waals surface area contributed by atoms with Gasteiger partial charge in [-0.3, -0.25) is 0 Å². The predicted octanol–water partition coefficient (Wildman–Crippen LogP) is 3.86. The van der Waals surface area contributed by atoms with Crippen molar-refractivity contribution >= 4 is 34.2 Å². The Hall–Kier alpha value is 0.0400. The summed E-state index contributed by atoms with van der Waals surface area (Å²) in [5, 5.41) is 0. The second-order valence-electron chi connectivity index (χ2n) is 2.99. The standard InChI is InChI=1S/C11H14ClIO/c1-2-14-11-6-5-9(4-3-7-12)8-10(11)13/h5-6,8H,2-4,7H2,1H3. The van der Waals surface area contributed by atoms with Gasteiger partial charge in [0.05, 0.1) is 10.2 Å². The summed E-state index contributed by atoms with van der Waals surface area (Å²) in [6.07, 6.45) is 2.08. The Morgan fingerprint density at radius 2 is 2.21 bits per heavy atom. The second kappa shape index (κ2) is 6.51.